The van der Waals surface area contributed by atoms with Crippen LogP contribution >= 0.6 is 0 Å². The number of nitrogens with two attached hydrogens (primary N) is 1. The van der Waals surface area contributed by atoms with Crippen molar-refractivity contribution >= 4 is 0 Å². The summed E-state index contributed by atoms with van der Waals surface area (Å²) in [5, 5.41) is 0. The number of hydrogen-bond acceptors (Lipinski definition) is 2. The van der Waals surface area contributed by atoms with E-state index in [0.29, 0.717) is 11.8 Å². The van der Waals surface area contributed by atoms with Gasteiger partial charge in [-0.15, -0.1) is 0 Å². The smallest absolute Gasteiger partial charge is 0.0128 e. The largest absolute Gasteiger partial charge is 0.271 e. The predicted octanol–water partition coefficient (Wildman–Crippen LogP) is 6.63. The van der Waals surface area contributed by atoms with E-state index < -0.39 is 0 Å². The SMILES string of the molecule is CC1CCC(c2ccc(-c3ccc(C4CCC(C)C(CNN)C4)cc3)cc2)CC1. The van der Waals surface area contributed by atoms with Gasteiger partial charge in [-0.2, -0.15) is 0 Å². The van der Waals surface area contributed by atoms with Crippen molar-refractivity contribution in [2.45, 2.75) is 70.6 Å². The second kappa shape index (κ2) is 9.45. The monoisotopic (exact) mass is 390 g/mol. The van der Waals surface area contributed by atoms with E-state index in [1.165, 1.54) is 67.2 Å². The maximum absolute atomic E-state index is 5.60. The van der Waals surface area contributed by atoms with Crippen LogP contribution in [0.3, 0.4) is 0 Å². The van der Waals surface area contributed by atoms with Crippen LogP contribution in [-0.2, 0) is 0 Å². The van der Waals surface area contributed by atoms with E-state index in [0.717, 1.165) is 24.3 Å². The van der Waals surface area contributed by atoms with Gasteiger partial charge in [0.2, 0.25) is 0 Å². The van der Waals surface area contributed by atoms with Crippen LogP contribution in [0.2, 0.25) is 0 Å². The molecule has 0 amide bonds. The lowest BCUT2D eigenvalue weighted by molar-refractivity contribution is 0.226. The maximum Gasteiger partial charge on any atom is 0.0128 e. The molecule has 3 N–H and O–H groups in total. The van der Waals surface area contributed by atoms with Gasteiger partial charge in [-0.25, -0.2) is 0 Å². The predicted molar refractivity (Wildman–Crippen MR) is 124 cm³/mol. The van der Waals surface area contributed by atoms with Crippen molar-refractivity contribution in [1.82, 2.24) is 5.43 Å². The van der Waals surface area contributed by atoms with E-state index in [1.807, 2.05) is 0 Å². The maximum atomic E-state index is 5.60. The molecule has 0 aliphatic heterocycles. The van der Waals surface area contributed by atoms with Gasteiger partial charge >= 0.3 is 0 Å². The quantitative estimate of drug-likeness (QED) is 0.444. The van der Waals surface area contributed by atoms with Crippen molar-refractivity contribution in [2.24, 2.45) is 23.6 Å². The summed E-state index contributed by atoms with van der Waals surface area (Å²) in [5.74, 6) is 9.42. The summed E-state index contributed by atoms with van der Waals surface area (Å²) in [7, 11) is 0. The fourth-order valence-electron chi connectivity index (χ4n) is 5.64. The van der Waals surface area contributed by atoms with Crippen molar-refractivity contribution < 1.29 is 0 Å². The molecule has 2 aliphatic rings. The standard InChI is InChI=1S/C27H38N2/c1-19-3-6-21(7-4-19)22-9-11-23(12-10-22)24-13-15-25(16-14-24)26-8-5-20(2)27(17-26)18-29-28/h9-16,19-21,26-27,29H,3-8,17-18,28H2,1-2H3. The fraction of sp³-hybridized carbons (Fsp3) is 0.556. The first-order valence-electron chi connectivity index (χ1n) is 11.8. The molecule has 0 heterocycles. The van der Waals surface area contributed by atoms with Crippen LogP contribution in [0, 0.1) is 17.8 Å². The van der Waals surface area contributed by atoms with Gasteiger partial charge in [0.1, 0.15) is 0 Å². The molecule has 2 aromatic carbocycles. The molecule has 0 spiro atoms. The van der Waals surface area contributed by atoms with Gasteiger partial charge in [0, 0.05) is 6.54 Å². The minimum absolute atomic E-state index is 0.676. The molecule has 2 fully saturated rings. The van der Waals surface area contributed by atoms with Crippen LogP contribution in [0.15, 0.2) is 48.5 Å². The third kappa shape index (κ3) is 4.92. The lowest BCUT2D eigenvalue weighted by atomic mass is 9.72. The Bertz CT molecular complexity index is 756. The average Bonchev–Trinajstić information content (AvgIpc) is 2.76. The second-order valence-electron chi connectivity index (χ2n) is 9.86. The number of nitrogens with one attached hydrogen (secondary N) is 1. The Kier molecular flexibility index (Phi) is 6.72. The molecular weight excluding hydrogens is 352 g/mol. The van der Waals surface area contributed by atoms with E-state index >= 15 is 0 Å². The number of rotatable bonds is 5. The Hall–Kier alpha value is -1.64. The molecule has 2 heteroatoms. The second-order valence-corrected chi connectivity index (χ2v) is 9.86. The molecule has 0 bridgehead atoms. The Labute approximate surface area is 177 Å². The minimum atomic E-state index is 0.676. The summed E-state index contributed by atoms with van der Waals surface area (Å²) >= 11 is 0. The first-order chi connectivity index (χ1) is 14.1. The summed E-state index contributed by atoms with van der Waals surface area (Å²) in [6, 6.07) is 18.8. The summed E-state index contributed by atoms with van der Waals surface area (Å²) in [4.78, 5) is 0. The Morgan fingerprint density at radius 1 is 0.724 bits per heavy atom. The van der Waals surface area contributed by atoms with Crippen LogP contribution in [0.25, 0.3) is 11.1 Å². The minimum Gasteiger partial charge on any atom is -0.271 e. The van der Waals surface area contributed by atoms with E-state index in [9.17, 15) is 0 Å². The summed E-state index contributed by atoms with van der Waals surface area (Å²) in [6.45, 7) is 5.70. The van der Waals surface area contributed by atoms with Crippen LogP contribution < -0.4 is 11.3 Å². The van der Waals surface area contributed by atoms with Crippen molar-refractivity contribution in [3.8, 4) is 11.1 Å². The third-order valence-electron chi connectivity index (χ3n) is 7.86. The fourth-order valence-corrected chi connectivity index (χ4v) is 5.64. The zero-order chi connectivity index (χ0) is 20.2. The molecule has 2 aliphatic carbocycles. The molecule has 0 radical (unpaired) electrons. The normalized spacial score (nSPS) is 30.2. The topological polar surface area (TPSA) is 38.0 Å². The lowest BCUT2D eigenvalue weighted by Gasteiger charge is -2.34. The zero-order valence-electron chi connectivity index (χ0n) is 18.2. The number of hydrogen-bond donors (Lipinski definition) is 2. The summed E-state index contributed by atoms with van der Waals surface area (Å²) < 4.78 is 0. The van der Waals surface area contributed by atoms with E-state index in [2.05, 4.69) is 67.8 Å². The molecule has 0 saturated heterocycles. The van der Waals surface area contributed by atoms with Gasteiger partial charge in [-0.1, -0.05) is 75.2 Å². The Morgan fingerprint density at radius 2 is 1.24 bits per heavy atom. The molecule has 2 nitrogen and oxygen atoms in total. The van der Waals surface area contributed by atoms with Gasteiger partial charge in [-0.05, 0) is 83.9 Å². The Morgan fingerprint density at radius 3 is 1.79 bits per heavy atom. The molecule has 3 atom stereocenters. The number of hydrazine groups is 1. The van der Waals surface area contributed by atoms with E-state index in [-0.39, 0.29) is 0 Å². The van der Waals surface area contributed by atoms with Gasteiger partial charge in [0.25, 0.3) is 0 Å². The first-order valence-corrected chi connectivity index (χ1v) is 11.8. The molecular formula is C27H38N2. The molecule has 2 saturated carbocycles. The summed E-state index contributed by atoms with van der Waals surface area (Å²) in [6.07, 6.45) is 9.34. The highest BCUT2D eigenvalue weighted by atomic mass is 15.2. The van der Waals surface area contributed by atoms with Gasteiger partial charge in [0.15, 0.2) is 0 Å². The molecule has 4 rings (SSSR count). The molecule has 2 aromatic rings. The van der Waals surface area contributed by atoms with E-state index in [4.69, 9.17) is 5.84 Å². The van der Waals surface area contributed by atoms with E-state index in [1.54, 1.807) is 0 Å². The third-order valence-corrected chi connectivity index (χ3v) is 7.86. The first kappa shape index (κ1) is 20.6. The highest BCUT2D eigenvalue weighted by molar-refractivity contribution is 5.64. The molecule has 29 heavy (non-hydrogen) atoms. The van der Waals surface area contributed by atoms with Crippen LogP contribution in [0.1, 0.15) is 81.8 Å². The highest BCUT2D eigenvalue weighted by Crippen LogP contribution is 2.40. The molecule has 156 valence electrons. The van der Waals surface area contributed by atoms with Crippen molar-refractivity contribution in [3.63, 3.8) is 0 Å². The molecule has 3 unspecified atom stereocenters. The average molecular weight is 391 g/mol. The van der Waals surface area contributed by atoms with Crippen LogP contribution in [0.4, 0.5) is 0 Å². The Balaban J connectivity index is 1.41. The molecule has 0 aromatic heterocycles. The highest BCUT2D eigenvalue weighted by Gasteiger charge is 2.28. The number of benzene rings is 2. The van der Waals surface area contributed by atoms with Crippen LogP contribution in [-0.4, -0.2) is 6.54 Å². The zero-order valence-corrected chi connectivity index (χ0v) is 18.2. The van der Waals surface area contributed by atoms with Crippen molar-refractivity contribution in [3.05, 3.63) is 59.7 Å². The van der Waals surface area contributed by atoms with Crippen molar-refractivity contribution in [2.75, 3.05) is 6.54 Å². The van der Waals surface area contributed by atoms with Gasteiger partial charge < -0.3 is 0 Å². The summed E-state index contributed by atoms with van der Waals surface area (Å²) in [5.41, 5.74) is 8.61. The van der Waals surface area contributed by atoms with Crippen LogP contribution in [0.5, 0.6) is 0 Å². The van der Waals surface area contributed by atoms with Gasteiger partial charge in [0.05, 0.1) is 0 Å². The lowest BCUT2D eigenvalue weighted by Crippen LogP contribution is -2.35. The van der Waals surface area contributed by atoms with Crippen molar-refractivity contribution in [1.29, 1.82) is 0 Å². The van der Waals surface area contributed by atoms with Gasteiger partial charge in [-0.3, -0.25) is 11.3 Å².